The molecule has 0 saturated heterocycles. The summed E-state index contributed by atoms with van der Waals surface area (Å²) in [7, 11) is -2.12. The van der Waals surface area contributed by atoms with Crippen LogP contribution in [0, 0.1) is 0 Å². The van der Waals surface area contributed by atoms with Gasteiger partial charge in [-0.15, -0.1) is 0 Å². The van der Waals surface area contributed by atoms with Crippen LogP contribution in [0.5, 0.6) is 5.75 Å². The minimum atomic E-state index is -3.69. The van der Waals surface area contributed by atoms with Crippen molar-refractivity contribution in [2.75, 3.05) is 13.7 Å². The molecule has 1 aromatic heterocycles. The van der Waals surface area contributed by atoms with E-state index in [2.05, 4.69) is 9.71 Å². The zero-order chi connectivity index (χ0) is 18.7. The van der Waals surface area contributed by atoms with Crippen molar-refractivity contribution in [3.63, 3.8) is 0 Å². The van der Waals surface area contributed by atoms with Gasteiger partial charge in [0.15, 0.2) is 0 Å². The van der Waals surface area contributed by atoms with E-state index in [9.17, 15) is 13.2 Å². The summed E-state index contributed by atoms with van der Waals surface area (Å²) in [6.45, 7) is 0.0907. The predicted molar refractivity (Wildman–Crippen MR) is 101 cm³/mol. The molecule has 0 spiro atoms. The van der Waals surface area contributed by atoms with Crippen molar-refractivity contribution >= 4 is 32.5 Å². The molecule has 0 aliphatic heterocycles. The molecule has 0 unspecified atom stereocenters. The number of sulfonamides is 1. The first-order valence-corrected chi connectivity index (χ1v) is 9.70. The largest absolute Gasteiger partial charge is 0.497 e. The fourth-order valence-electron chi connectivity index (χ4n) is 2.58. The Bertz CT molecular complexity index is 1110. The normalized spacial score (nSPS) is 11.6. The van der Waals surface area contributed by atoms with Gasteiger partial charge in [-0.25, -0.2) is 13.1 Å². The van der Waals surface area contributed by atoms with Gasteiger partial charge >= 0.3 is 0 Å². The third kappa shape index (κ3) is 4.07. The summed E-state index contributed by atoms with van der Waals surface area (Å²) >= 11 is 5.83. The molecule has 0 amide bonds. The average Bonchev–Trinajstić information content (AvgIpc) is 2.61. The molecule has 0 aliphatic rings. The highest BCUT2D eigenvalue weighted by molar-refractivity contribution is 7.89. The Morgan fingerprint density at radius 2 is 1.96 bits per heavy atom. The fraction of sp³-hybridized carbons (Fsp3) is 0.167. The van der Waals surface area contributed by atoms with Crippen LogP contribution >= 0.6 is 11.6 Å². The molecule has 0 aliphatic carbocycles. The van der Waals surface area contributed by atoms with Gasteiger partial charge in [0.1, 0.15) is 5.75 Å². The van der Waals surface area contributed by atoms with E-state index in [-0.39, 0.29) is 23.4 Å². The van der Waals surface area contributed by atoms with Crippen molar-refractivity contribution in [1.29, 1.82) is 0 Å². The molecule has 2 aromatic carbocycles. The Labute approximate surface area is 155 Å². The summed E-state index contributed by atoms with van der Waals surface area (Å²) in [5.41, 5.74) is 0.934. The van der Waals surface area contributed by atoms with E-state index in [1.54, 1.807) is 37.4 Å². The van der Waals surface area contributed by atoms with Gasteiger partial charge in [-0.05, 0) is 48.9 Å². The quantitative estimate of drug-likeness (QED) is 0.675. The van der Waals surface area contributed by atoms with Gasteiger partial charge < -0.3 is 9.72 Å². The Balaban J connectivity index is 1.77. The molecule has 0 saturated carbocycles. The van der Waals surface area contributed by atoms with Crippen molar-refractivity contribution in [2.24, 2.45) is 0 Å². The molecule has 8 heteroatoms. The number of ether oxygens (including phenoxy) is 1. The summed E-state index contributed by atoms with van der Waals surface area (Å²) < 4.78 is 32.2. The van der Waals surface area contributed by atoms with Crippen molar-refractivity contribution in [3.05, 3.63) is 69.5 Å². The van der Waals surface area contributed by atoms with Crippen molar-refractivity contribution in [1.82, 2.24) is 9.71 Å². The van der Waals surface area contributed by atoms with Gasteiger partial charge in [0.2, 0.25) is 10.0 Å². The molecule has 3 rings (SSSR count). The first kappa shape index (κ1) is 18.4. The predicted octanol–water partition coefficient (Wildman–Crippen LogP) is 2.71. The van der Waals surface area contributed by atoms with E-state index in [0.717, 1.165) is 5.39 Å². The molecular weight excluding hydrogens is 376 g/mol. The van der Waals surface area contributed by atoms with E-state index in [1.807, 2.05) is 6.07 Å². The van der Waals surface area contributed by atoms with Gasteiger partial charge in [-0.2, -0.15) is 0 Å². The number of benzene rings is 2. The van der Waals surface area contributed by atoms with Crippen LogP contribution in [-0.4, -0.2) is 27.1 Å². The molecule has 0 atom stereocenters. The molecule has 0 bridgehead atoms. The van der Waals surface area contributed by atoms with Crippen LogP contribution in [0.1, 0.15) is 5.56 Å². The zero-order valence-corrected chi connectivity index (χ0v) is 15.5. The number of H-pyrrole nitrogens is 1. The number of methoxy groups -OCH3 is 1. The first-order chi connectivity index (χ1) is 12.4. The van der Waals surface area contributed by atoms with Crippen molar-refractivity contribution in [2.45, 2.75) is 11.3 Å². The standard InChI is InChI=1S/C18H17ClN2O4S/c1-25-15-5-6-17-13(10-15)9-12(18(22)21-17)7-8-20-26(23,24)16-4-2-3-14(19)11-16/h2-6,9-11,20H,7-8H2,1H3,(H,21,22). The SMILES string of the molecule is COc1ccc2[nH]c(=O)c(CCNS(=O)(=O)c3cccc(Cl)c3)cc2c1. The van der Waals surface area contributed by atoms with Crippen LogP contribution in [0.25, 0.3) is 10.9 Å². The minimum absolute atomic E-state index is 0.0853. The summed E-state index contributed by atoms with van der Waals surface area (Å²) in [6, 6.07) is 13.1. The minimum Gasteiger partial charge on any atom is -0.497 e. The Hall–Kier alpha value is -2.35. The number of fused-ring (bicyclic) bond motifs is 1. The number of hydrogen-bond donors (Lipinski definition) is 2. The lowest BCUT2D eigenvalue weighted by atomic mass is 10.1. The van der Waals surface area contributed by atoms with Crippen LogP contribution in [0.3, 0.4) is 0 Å². The third-order valence-electron chi connectivity index (χ3n) is 3.92. The lowest BCUT2D eigenvalue weighted by Crippen LogP contribution is -2.27. The second-order valence-electron chi connectivity index (χ2n) is 5.68. The maximum Gasteiger partial charge on any atom is 0.251 e. The van der Waals surface area contributed by atoms with Crippen LogP contribution in [-0.2, 0) is 16.4 Å². The van der Waals surface area contributed by atoms with Crippen LogP contribution < -0.4 is 15.0 Å². The number of aromatic nitrogens is 1. The highest BCUT2D eigenvalue weighted by Crippen LogP contribution is 2.19. The summed E-state index contributed by atoms with van der Waals surface area (Å²) in [5.74, 6) is 0.678. The van der Waals surface area contributed by atoms with Crippen LogP contribution in [0.2, 0.25) is 5.02 Å². The van der Waals surface area contributed by atoms with E-state index < -0.39 is 10.0 Å². The van der Waals surface area contributed by atoms with E-state index in [0.29, 0.717) is 21.9 Å². The fourth-order valence-corrected chi connectivity index (χ4v) is 3.91. The Kier molecular flexibility index (Phi) is 5.31. The van der Waals surface area contributed by atoms with Gasteiger partial charge in [0.25, 0.3) is 5.56 Å². The number of pyridine rings is 1. The van der Waals surface area contributed by atoms with E-state index >= 15 is 0 Å². The number of aromatic amines is 1. The second-order valence-corrected chi connectivity index (χ2v) is 7.89. The molecular formula is C18H17ClN2O4S. The van der Waals surface area contributed by atoms with Gasteiger partial charge in [-0.1, -0.05) is 17.7 Å². The van der Waals surface area contributed by atoms with Gasteiger partial charge in [0, 0.05) is 28.0 Å². The summed E-state index contributed by atoms with van der Waals surface area (Å²) in [5, 5.41) is 1.16. The third-order valence-corrected chi connectivity index (χ3v) is 5.61. The molecule has 3 aromatic rings. The highest BCUT2D eigenvalue weighted by Gasteiger charge is 2.14. The zero-order valence-electron chi connectivity index (χ0n) is 14.0. The lowest BCUT2D eigenvalue weighted by molar-refractivity contribution is 0.415. The summed E-state index contributed by atoms with van der Waals surface area (Å²) in [4.78, 5) is 15.1. The highest BCUT2D eigenvalue weighted by atomic mass is 35.5. The Morgan fingerprint density at radius 3 is 2.69 bits per heavy atom. The van der Waals surface area contributed by atoms with E-state index in [1.165, 1.54) is 12.1 Å². The maximum atomic E-state index is 12.3. The number of halogens is 1. The Morgan fingerprint density at radius 1 is 1.15 bits per heavy atom. The lowest BCUT2D eigenvalue weighted by Gasteiger charge is -2.08. The smallest absolute Gasteiger partial charge is 0.251 e. The van der Waals surface area contributed by atoms with Crippen LogP contribution in [0.4, 0.5) is 0 Å². The monoisotopic (exact) mass is 392 g/mol. The molecule has 1 heterocycles. The van der Waals surface area contributed by atoms with Gasteiger partial charge in [-0.3, -0.25) is 4.79 Å². The molecule has 0 radical (unpaired) electrons. The molecule has 6 nitrogen and oxygen atoms in total. The van der Waals surface area contributed by atoms with E-state index in [4.69, 9.17) is 16.3 Å². The molecule has 26 heavy (non-hydrogen) atoms. The second kappa shape index (κ2) is 7.49. The van der Waals surface area contributed by atoms with Crippen molar-refractivity contribution in [3.8, 4) is 5.75 Å². The van der Waals surface area contributed by atoms with Gasteiger partial charge in [0.05, 0.1) is 12.0 Å². The molecule has 0 fully saturated rings. The average molecular weight is 393 g/mol. The molecule has 2 N–H and O–H groups in total. The number of nitrogens with one attached hydrogen (secondary N) is 2. The topological polar surface area (TPSA) is 88.3 Å². The maximum absolute atomic E-state index is 12.3. The first-order valence-electron chi connectivity index (χ1n) is 7.84. The summed E-state index contributed by atoms with van der Waals surface area (Å²) in [6.07, 6.45) is 0.252. The number of rotatable bonds is 6. The van der Waals surface area contributed by atoms with Crippen molar-refractivity contribution < 1.29 is 13.2 Å². The molecule has 136 valence electrons. The number of hydrogen-bond acceptors (Lipinski definition) is 4. The van der Waals surface area contributed by atoms with Crippen LogP contribution in [0.15, 0.2) is 58.2 Å².